The van der Waals surface area contributed by atoms with Gasteiger partial charge in [-0.3, -0.25) is 4.79 Å². The third kappa shape index (κ3) is 11.4. The lowest BCUT2D eigenvalue weighted by Crippen LogP contribution is -2.28. The summed E-state index contributed by atoms with van der Waals surface area (Å²) in [5.41, 5.74) is -0.490. The Hall–Kier alpha value is -0.570. The number of carboxylic acid groups (broad SMARTS) is 1. The zero-order valence-electron chi connectivity index (χ0n) is 10.9. The summed E-state index contributed by atoms with van der Waals surface area (Å²) in [6.45, 7) is 11.2. The fourth-order valence-electron chi connectivity index (χ4n) is 0.786. The van der Waals surface area contributed by atoms with Gasteiger partial charge in [0.15, 0.2) is 0 Å². The molecule has 3 heteroatoms. The molecule has 0 aliphatic carbocycles. The van der Waals surface area contributed by atoms with Crippen LogP contribution in [0.15, 0.2) is 0 Å². The van der Waals surface area contributed by atoms with Crippen LogP contribution in [0.4, 0.5) is 0 Å². The Bertz CT molecular complexity index is 168. The van der Waals surface area contributed by atoms with E-state index < -0.39 is 11.6 Å². The SMILES string of the molecule is CC(C)C(=O)O.CCCC(C)C(C)(C)O. The van der Waals surface area contributed by atoms with Crippen LogP contribution in [0.5, 0.6) is 0 Å². The van der Waals surface area contributed by atoms with Gasteiger partial charge in [0.2, 0.25) is 0 Å². The Kier molecular flexibility index (Phi) is 8.63. The van der Waals surface area contributed by atoms with E-state index in [1.54, 1.807) is 13.8 Å². The summed E-state index contributed by atoms with van der Waals surface area (Å²) < 4.78 is 0. The molecule has 0 radical (unpaired) electrons. The van der Waals surface area contributed by atoms with Crippen molar-refractivity contribution in [3.05, 3.63) is 0 Å². The molecule has 0 saturated heterocycles. The van der Waals surface area contributed by atoms with E-state index in [0.717, 1.165) is 12.8 Å². The number of hydrogen-bond donors (Lipinski definition) is 2. The highest BCUT2D eigenvalue weighted by atomic mass is 16.4. The van der Waals surface area contributed by atoms with Crippen molar-refractivity contribution < 1.29 is 15.0 Å². The standard InChI is InChI=1S/C8H18O.C4H8O2/c1-5-6-7(2)8(3,4)9;1-3(2)4(5)6/h7,9H,5-6H2,1-4H3;3H,1-2H3,(H,5,6). The first kappa shape index (κ1) is 16.8. The van der Waals surface area contributed by atoms with Gasteiger partial charge >= 0.3 is 5.97 Å². The van der Waals surface area contributed by atoms with Crippen LogP contribution in [0.1, 0.15) is 54.4 Å². The number of aliphatic carboxylic acids is 1. The number of aliphatic hydroxyl groups is 1. The molecule has 0 fully saturated rings. The van der Waals surface area contributed by atoms with Gasteiger partial charge in [0.1, 0.15) is 0 Å². The molecule has 0 aliphatic heterocycles. The average molecular weight is 218 g/mol. The van der Waals surface area contributed by atoms with Gasteiger partial charge in [-0.15, -0.1) is 0 Å². The molecule has 1 unspecified atom stereocenters. The third-order valence-corrected chi connectivity index (χ3v) is 2.42. The summed E-state index contributed by atoms with van der Waals surface area (Å²) in [6.07, 6.45) is 2.27. The van der Waals surface area contributed by atoms with Crippen molar-refractivity contribution >= 4 is 5.97 Å². The summed E-state index contributed by atoms with van der Waals surface area (Å²) in [6, 6.07) is 0. The molecular formula is C12H26O3. The Morgan fingerprint density at radius 3 is 1.67 bits per heavy atom. The molecule has 2 N–H and O–H groups in total. The van der Waals surface area contributed by atoms with Gasteiger partial charge in [-0.1, -0.05) is 34.1 Å². The van der Waals surface area contributed by atoms with Gasteiger partial charge in [-0.2, -0.15) is 0 Å². The molecule has 1 atom stereocenters. The molecule has 0 aromatic heterocycles. The zero-order valence-corrected chi connectivity index (χ0v) is 10.9. The first-order chi connectivity index (χ1) is 6.62. The molecule has 0 heterocycles. The maximum atomic E-state index is 9.70. The Morgan fingerprint density at radius 2 is 1.60 bits per heavy atom. The minimum atomic E-state index is -0.741. The molecule has 0 aromatic carbocycles. The van der Waals surface area contributed by atoms with E-state index in [0.29, 0.717) is 5.92 Å². The Balaban J connectivity index is 0. The second-order valence-corrected chi connectivity index (χ2v) is 4.84. The number of hydrogen-bond acceptors (Lipinski definition) is 2. The van der Waals surface area contributed by atoms with Crippen molar-refractivity contribution in [2.45, 2.75) is 60.0 Å². The van der Waals surface area contributed by atoms with E-state index >= 15 is 0 Å². The van der Waals surface area contributed by atoms with E-state index in [4.69, 9.17) is 5.11 Å². The van der Waals surface area contributed by atoms with Gasteiger partial charge in [0.25, 0.3) is 0 Å². The van der Waals surface area contributed by atoms with E-state index in [1.165, 1.54) is 0 Å². The maximum absolute atomic E-state index is 9.70. The van der Waals surface area contributed by atoms with Crippen molar-refractivity contribution in [2.24, 2.45) is 11.8 Å². The molecule has 0 amide bonds. The van der Waals surface area contributed by atoms with Crippen molar-refractivity contribution in [2.75, 3.05) is 0 Å². The fraction of sp³-hybridized carbons (Fsp3) is 0.917. The predicted molar refractivity (Wildman–Crippen MR) is 62.8 cm³/mol. The molecule has 0 spiro atoms. The molecule has 92 valence electrons. The van der Waals surface area contributed by atoms with Gasteiger partial charge in [-0.05, 0) is 26.2 Å². The number of carbonyl (C=O) groups is 1. The second-order valence-electron chi connectivity index (χ2n) is 4.84. The monoisotopic (exact) mass is 218 g/mol. The average Bonchev–Trinajstić information content (AvgIpc) is 2.03. The first-order valence-electron chi connectivity index (χ1n) is 5.58. The normalized spacial score (nSPS) is 13.1. The number of rotatable bonds is 4. The molecule has 3 nitrogen and oxygen atoms in total. The van der Waals surface area contributed by atoms with Crippen LogP contribution >= 0.6 is 0 Å². The van der Waals surface area contributed by atoms with Crippen molar-refractivity contribution in [3.63, 3.8) is 0 Å². The number of carboxylic acids is 1. The van der Waals surface area contributed by atoms with E-state index in [9.17, 15) is 9.90 Å². The quantitative estimate of drug-likeness (QED) is 0.762. The van der Waals surface area contributed by atoms with Crippen molar-refractivity contribution in [3.8, 4) is 0 Å². The maximum Gasteiger partial charge on any atom is 0.305 e. The second kappa shape index (κ2) is 7.69. The molecule has 0 rings (SSSR count). The lowest BCUT2D eigenvalue weighted by atomic mass is 9.89. The molecule has 0 bridgehead atoms. The molecule has 0 aliphatic rings. The lowest BCUT2D eigenvalue weighted by Gasteiger charge is -2.25. The molecule has 0 saturated carbocycles. The van der Waals surface area contributed by atoms with Crippen LogP contribution in [0.25, 0.3) is 0 Å². The van der Waals surface area contributed by atoms with Crippen LogP contribution in [0.3, 0.4) is 0 Å². The fourth-order valence-corrected chi connectivity index (χ4v) is 0.786. The molecular weight excluding hydrogens is 192 g/mol. The van der Waals surface area contributed by atoms with E-state index in [2.05, 4.69) is 13.8 Å². The summed E-state index contributed by atoms with van der Waals surface area (Å²) in [5, 5.41) is 17.4. The first-order valence-corrected chi connectivity index (χ1v) is 5.58. The van der Waals surface area contributed by atoms with Crippen molar-refractivity contribution in [1.82, 2.24) is 0 Å². The topological polar surface area (TPSA) is 57.5 Å². The van der Waals surface area contributed by atoms with Crippen LogP contribution < -0.4 is 0 Å². The van der Waals surface area contributed by atoms with Crippen molar-refractivity contribution in [1.29, 1.82) is 0 Å². The highest BCUT2D eigenvalue weighted by Crippen LogP contribution is 2.19. The van der Waals surface area contributed by atoms with Gasteiger partial charge in [0, 0.05) is 0 Å². The molecule has 15 heavy (non-hydrogen) atoms. The molecule has 0 aromatic rings. The zero-order chi connectivity index (χ0) is 12.6. The van der Waals surface area contributed by atoms with Gasteiger partial charge in [-0.25, -0.2) is 0 Å². The minimum absolute atomic E-state index is 0.231. The van der Waals surface area contributed by atoms with E-state index in [1.807, 2.05) is 13.8 Å². The Morgan fingerprint density at radius 1 is 1.27 bits per heavy atom. The summed E-state index contributed by atoms with van der Waals surface area (Å²) in [4.78, 5) is 9.70. The smallest absolute Gasteiger partial charge is 0.305 e. The van der Waals surface area contributed by atoms with E-state index in [-0.39, 0.29) is 5.92 Å². The van der Waals surface area contributed by atoms with Gasteiger partial charge in [0.05, 0.1) is 11.5 Å². The van der Waals surface area contributed by atoms with Crippen LogP contribution in [0, 0.1) is 11.8 Å². The van der Waals surface area contributed by atoms with Crippen LogP contribution in [0.2, 0.25) is 0 Å². The predicted octanol–water partition coefficient (Wildman–Crippen LogP) is 2.92. The summed E-state index contributed by atoms with van der Waals surface area (Å²) in [5.74, 6) is -0.553. The largest absolute Gasteiger partial charge is 0.481 e. The minimum Gasteiger partial charge on any atom is -0.481 e. The van der Waals surface area contributed by atoms with Crippen LogP contribution in [-0.2, 0) is 4.79 Å². The van der Waals surface area contributed by atoms with Crippen LogP contribution in [-0.4, -0.2) is 21.8 Å². The van der Waals surface area contributed by atoms with Gasteiger partial charge < -0.3 is 10.2 Å². The highest BCUT2D eigenvalue weighted by Gasteiger charge is 2.20. The Labute approximate surface area is 93.5 Å². The lowest BCUT2D eigenvalue weighted by molar-refractivity contribution is -0.140. The third-order valence-electron chi connectivity index (χ3n) is 2.42. The summed E-state index contributed by atoms with van der Waals surface area (Å²) >= 11 is 0. The summed E-state index contributed by atoms with van der Waals surface area (Å²) in [7, 11) is 0. The highest BCUT2D eigenvalue weighted by molar-refractivity contribution is 5.68.